The normalized spacial score (nSPS) is 17.0. The van der Waals surface area contributed by atoms with Crippen LogP contribution in [-0.2, 0) is 23.1 Å². The molecule has 7 nitrogen and oxygen atoms in total. The van der Waals surface area contributed by atoms with Crippen molar-refractivity contribution < 1.29 is 13.2 Å². The molecule has 0 aliphatic carbocycles. The highest BCUT2D eigenvalue weighted by molar-refractivity contribution is 7.89. The molecule has 3 aromatic rings. The van der Waals surface area contributed by atoms with E-state index in [-0.39, 0.29) is 16.8 Å². The minimum Gasteiger partial charge on any atom is -0.348 e. The van der Waals surface area contributed by atoms with Gasteiger partial charge in [-0.3, -0.25) is 9.48 Å². The van der Waals surface area contributed by atoms with Crippen LogP contribution < -0.4 is 5.32 Å². The summed E-state index contributed by atoms with van der Waals surface area (Å²) in [5.41, 5.74) is 4.32. The third-order valence-electron chi connectivity index (χ3n) is 6.58. The molecule has 0 bridgehead atoms. The first-order valence-electron chi connectivity index (χ1n) is 11.7. The van der Waals surface area contributed by atoms with E-state index in [4.69, 9.17) is 0 Å². The summed E-state index contributed by atoms with van der Waals surface area (Å²) in [6, 6.07) is 16.4. The van der Waals surface area contributed by atoms with Crippen LogP contribution in [0, 0.1) is 13.8 Å². The first-order valence-corrected chi connectivity index (χ1v) is 13.2. The van der Waals surface area contributed by atoms with Crippen molar-refractivity contribution >= 4 is 15.9 Å². The molecule has 0 saturated carbocycles. The number of rotatable bonds is 7. The second kappa shape index (κ2) is 10.1. The Kier molecular flexibility index (Phi) is 7.19. The Bertz CT molecular complexity index is 1270. The molecule has 1 unspecified atom stereocenters. The number of nitrogens with one attached hydrogen (secondary N) is 1. The molecule has 1 amide bonds. The summed E-state index contributed by atoms with van der Waals surface area (Å²) in [5, 5.41) is 7.58. The largest absolute Gasteiger partial charge is 0.348 e. The van der Waals surface area contributed by atoms with Crippen LogP contribution in [0.25, 0.3) is 0 Å². The lowest BCUT2D eigenvalue weighted by Gasteiger charge is -2.32. The fraction of sp³-hybridized carbons (Fsp3) is 0.385. The number of hydrogen-bond donors (Lipinski definition) is 1. The number of benzene rings is 2. The van der Waals surface area contributed by atoms with E-state index >= 15 is 0 Å². The molecule has 1 atom stereocenters. The Balaban J connectivity index is 1.47. The molecule has 8 heteroatoms. The Morgan fingerprint density at radius 2 is 1.85 bits per heavy atom. The molecule has 0 radical (unpaired) electrons. The van der Waals surface area contributed by atoms with Crippen molar-refractivity contribution in [1.29, 1.82) is 0 Å². The standard InChI is InChI=1S/C26H32N4O3S/c1-19-10-7-8-15-30(19)34(32,33)24-14-9-13-23(16-24)26(31)27-17-25-20(2)28-29(21(25)3)18-22-11-5-4-6-12-22/h4-6,9,11-14,16,19H,7-8,10,15,17-18H2,1-3H3,(H,27,31). The van der Waals surface area contributed by atoms with Crippen LogP contribution >= 0.6 is 0 Å². The molecule has 180 valence electrons. The van der Waals surface area contributed by atoms with Gasteiger partial charge in [-0.2, -0.15) is 9.40 Å². The third-order valence-corrected chi connectivity index (χ3v) is 8.59. The lowest BCUT2D eigenvalue weighted by molar-refractivity contribution is 0.0950. The second-order valence-corrected chi connectivity index (χ2v) is 10.9. The van der Waals surface area contributed by atoms with Gasteiger partial charge in [0.1, 0.15) is 0 Å². The predicted octanol–water partition coefficient (Wildman–Crippen LogP) is 4.04. The lowest BCUT2D eigenvalue weighted by atomic mass is 10.1. The number of amides is 1. The molecule has 1 aromatic heterocycles. The fourth-order valence-corrected chi connectivity index (χ4v) is 6.28. The minimum atomic E-state index is -3.63. The van der Waals surface area contributed by atoms with Crippen LogP contribution in [-0.4, -0.2) is 41.0 Å². The predicted molar refractivity (Wildman–Crippen MR) is 132 cm³/mol. The molecule has 2 heterocycles. The molecule has 1 saturated heterocycles. The minimum absolute atomic E-state index is 0.0328. The van der Waals surface area contributed by atoms with Gasteiger partial charge in [-0.25, -0.2) is 8.42 Å². The summed E-state index contributed by atoms with van der Waals surface area (Å²) < 4.78 is 29.9. The van der Waals surface area contributed by atoms with E-state index in [1.807, 2.05) is 43.7 Å². The first kappa shape index (κ1) is 24.2. The van der Waals surface area contributed by atoms with Crippen LogP contribution in [0.4, 0.5) is 0 Å². The van der Waals surface area contributed by atoms with E-state index < -0.39 is 10.0 Å². The Hall–Kier alpha value is -2.97. The van der Waals surface area contributed by atoms with Crippen molar-refractivity contribution in [2.45, 2.75) is 64.1 Å². The zero-order valence-electron chi connectivity index (χ0n) is 20.0. The number of aryl methyl sites for hydroxylation is 1. The van der Waals surface area contributed by atoms with Gasteiger partial charge in [0.25, 0.3) is 5.91 Å². The van der Waals surface area contributed by atoms with Gasteiger partial charge >= 0.3 is 0 Å². The third kappa shape index (κ3) is 5.08. The van der Waals surface area contributed by atoms with E-state index in [1.165, 1.54) is 6.07 Å². The zero-order valence-corrected chi connectivity index (χ0v) is 20.8. The van der Waals surface area contributed by atoms with E-state index in [0.717, 1.165) is 41.8 Å². The van der Waals surface area contributed by atoms with Gasteiger partial charge in [0.15, 0.2) is 0 Å². The highest BCUT2D eigenvalue weighted by Gasteiger charge is 2.31. The molecule has 1 fully saturated rings. The van der Waals surface area contributed by atoms with Crippen LogP contribution in [0.3, 0.4) is 0 Å². The monoisotopic (exact) mass is 480 g/mol. The van der Waals surface area contributed by atoms with Crippen LogP contribution in [0.5, 0.6) is 0 Å². The van der Waals surface area contributed by atoms with Crippen molar-refractivity contribution in [1.82, 2.24) is 19.4 Å². The van der Waals surface area contributed by atoms with Crippen LogP contribution in [0.15, 0.2) is 59.5 Å². The van der Waals surface area contributed by atoms with Gasteiger partial charge in [-0.05, 0) is 57.4 Å². The number of nitrogens with zero attached hydrogens (tertiary/aromatic N) is 3. The smallest absolute Gasteiger partial charge is 0.251 e. The Morgan fingerprint density at radius 3 is 2.59 bits per heavy atom. The number of aromatic nitrogens is 2. The average molecular weight is 481 g/mol. The lowest BCUT2D eigenvalue weighted by Crippen LogP contribution is -2.42. The Labute approximate surface area is 201 Å². The SMILES string of the molecule is Cc1nn(Cc2ccccc2)c(C)c1CNC(=O)c1cccc(S(=O)(=O)N2CCCCC2C)c1. The maximum absolute atomic E-state index is 13.2. The number of piperidine rings is 1. The number of carbonyl (C=O) groups is 1. The molecule has 0 spiro atoms. The van der Waals surface area contributed by atoms with E-state index in [9.17, 15) is 13.2 Å². The summed E-state index contributed by atoms with van der Waals surface area (Å²) in [7, 11) is -3.63. The zero-order chi connectivity index (χ0) is 24.3. The van der Waals surface area contributed by atoms with Gasteiger partial charge in [0.2, 0.25) is 10.0 Å². The van der Waals surface area contributed by atoms with Gasteiger partial charge in [0.05, 0.1) is 17.1 Å². The molecule has 1 aliphatic rings. The molecule has 1 aliphatic heterocycles. The topological polar surface area (TPSA) is 84.3 Å². The van der Waals surface area contributed by atoms with Gasteiger partial charge in [-0.15, -0.1) is 0 Å². The quantitative estimate of drug-likeness (QED) is 0.553. The van der Waals surface area contributed by atoms with Crippen molar-refractivity contribution in [2.75, 3.05) is 6.54 Å². The first-order chi connectivity index (χ1) is 16.3. The highest BCUT2D eigenvalue weighted by atomic mass is 32.2. The fourth-order valence-electron chi connectivity index (χ4n) is 4.53. The van der Waals surface area contributed by atoms with Gasteiger partial charge < -0.3 is 5.32 Å². The van der Waals surface area contributed by atoms with Crippen molar-refractivity contribution in [2.24, 2.45) is 0 Å². The maximum atomic E-state index is 13.2. The summed E-state index contributed by atoms with van der Waals surface area (Å²) in [6.07, 6.45) is 2.76. The van der Waals surface area contributed by atoms with Crippen LogP contribution in [0.1, 0.15) is 59.1 Å². The number of carbonyl (C=O) groups excluding carboxylic acids is 1. The summed E-state index contributed by atoms with van der Waals surface area (Å²) in [6.45, 7) is 7.38. The van der Waals surface area contributed by atoms with E-state index in [0.29, 0.717) is 25.2 Å². The summed E-state index contributed by atoms with van der Waals surface area (Å²) >= 11 is 0. The molecular formula is C26H32N4O3S. The van der Waals surface area contributed by atoms with Gasteiger partial charge in [-0.1, -0.05) is 42.8 Å². The summed E-state index contributed by atoms with van der Waals surface area (Å²) in [4.78, 5) is 13.1. The molecule has 2 aromatic carbocycles. The molecule has 4 rings (SSSR count). The maximum Gasteiger partial charge on any atom is 0.251 e. The molecule has 1 N–H and O–H groups in total. The van der Waals surface area contributed by atoms with Crippen LogP contribution in [0.2, 0.25) is 0 Å². The average Bonchev–Trinajstić information content (AvgIpc) is 3.10. The van der Waals surface area contributed by atoms with Crippen molar-refractivity contribution in [3.63, 3.8) is 0 Å². The Morgan fingerprint density at radius 1 is 1.09 bits per heavy atom. The second-order valence-electron chi connectivity index (χ2n) is 8.96. The number of hydrogen-bond acceptors (Lipinski definition) is 4. The van der Waals surface area contributed by atoms with E-state index in [2.05, 4.69) is 22.5 Å². The van der Waals surface area contributed by atoms with Crippen molar-refractivity contribution in [3.8, 4) is 0 Å². The molecule has 34 heavy (non-hydrogen) atoms. The molecular weight excluding hydrogens is 448 g/mol. The highest BCUT2D eigenvalue weighted by Crippen LogP contribution is 2.25. The van der Waals surface area contributed by atoms with Crippen molar-refractivity contribution in [3.05, 3.63) is 82.7 Å². The van der Waals surface area contributed by atoms with E-state index in [1.54, 1.807) is 22.5 Å². The van der Waals surface area contributed by atoms with Gasteiger partial charge in [0, 0.05) is 36.0 Å². The summed E-state index contributed by atoms with van der Waals surface area (Å²) in [5.74, 6) is -0.307. The number of sulfonamides is 1.